The normalized spacial score (nSPS) is 13.8. The van der Waals surface area contributed by atoms with Gasteiger partial charge in [-0.1, -0.05) is 168 Å². The van der Waals surface area contributed by atoms with E-state index in [-0.39, 0.29) is 24.3 Å². The monoisotopic (exact) mass is 733 g/mol. The molecule has 0 aliphatic carbocycles. The van der Waals surface area contributed by atoms with E-state index in [2.05, 4.69) is 150 Å². The number of rotatable bonds is 4. The molecule has 4 aliphatic rings. The Morgan fingerprint density at radius 2 is 1.05 bits per heavy atom. The molecule has 0 atom stereocenters. The summed E-state index contributed by atoms with van der Waals surface area (Å²) in [4.78, 5) is 25.8. The molecule has 3 nitrogen and oxygen atoms in total. The van der Waals surface area contributed by atoms with E-state index in [1.165, 1.54) is 88.8 Å². The van der Waals surface area contributed by atoms with Crippen LogP contribution in [0.2, 0.25) is 0 Å². The zero-order valence-corrected chi connectivity index (χ0v) is 33.2. The van der Waals surface area contributed by atoms with Gasteiger partial charge in [0, 0.05) is 28.2 Å². The van der Waals surface area contributed by atoms with Crippen LogP contribution in [0.4, 0.5) is 17.1 Å². The standard InChI is InChI=1S/C52H41B2NO2/c1-51(2,3)35-19-22-41-40(25-35)47-37(33-16-12-31(29-57)13-17-33)21-23-45-49(47)53(41)42-8-7-9-43-50(42)55(45)46-27-36(52(4,5)6)26-39-38-20-18-34(24-44(38)54(43)48(39)46)32-14-10-30(28-56)11-15-32/h7-29H,1-6H3. The van der Waals surface area contributed by atoms with E-state index in [1.54, 1.807) is 0 Å². The Hall–Kier alpha value is -6.19. The molecule has 5 heteroatoms. The van der Waals surface area contributed by atoms with Crippen LogP contribution >= 0.6 is 0 Å². The Morgan fingerprint density at radius 3 is 1.70 bits per heavy atom. The molecule has 0 unspecified atom stereocenters. The summed E-state index contributed by atoms with van der Waals surface area (Å²) in [5, 5.41) is 0. The maximum atomic E-state index is 11.7. The predicted octanol–water partition coefficient (Wildman–Crippen LogP) is 8.33. The summed E-state index contributed by atoms with van der Waals surface area (Å²) in [7, 11) is 0. The molecule has 0 amide bonds. The lowest BCUT2D eigenvalue weighted by atomic mass is 9.32. The fourth-order valence-corrected chi connectivity index (χ4v) is 10.3. The number of aldehydes is 2. The zero-order chi connectivity index (χ0) is 39.1. The molecule has 7 aromatic carbocycles. The van der Waals surface area contributed by atoms with Gasteiger partial charge < -0.3 is 4.90 Å². The molecule has 0 saturated heterocycles. The Bertz CT molecular complexity index is 2910. The van der Waals surface area contributed by atoms with Crippen LogP contribution in [0.3, 0.4) is 0 Å². The van der Waals surface area contributed by atoms with E-state index < -0.39 is 0 Å². The van der Waals surface area contributed by atoms with Gasteiger partial charge in [0.2, 0.25) is 13.4 Å². The Kier molecular flexibility index (Phi) is 6.98. The fourth-order valence-electron chi connectivity index (χ4n) is 10.3. The summed E-state index contributed by atoms with van der Waals surface area (Å²) in [5.41, 5.74) is 25.7. The molecule has 0 bridgehead atoms. The first-order chi connectivity index (χ1) is 27.4. The highest BCUT2D eigenvalue weighted by atomic mass is 16.1. The maximum absolute atomic E-state index is 11.7. The molecule has 0 radical (unpaired) electrons. The number of hydrogen-bond donors (Lipinski definition) is 0. The highest BCUT2D eigenvalue weighted by Crippen LogP contribution is 2.48. The van der Waals surface area contributed by atoms with Crippen molar-refractivity contribution in [1.82, 2.24) is 0 Å². The van der Waals surface area contributed by atoms with Crippen molar-refractivity contribution >= 4 is 75.8 Å². The first kappa shape index (κ1) is 34.1. The summed E-state index contributed by atoms with van der Waals surface area (Å²) >= 11 is 0. The van der Waals surface area contributed by atoms with Crippen molar-refractivity contribution < 1.29 is 9.59 Å². The molecule has 4 aliphatic heterocycles. The van der Waals surface area contributed by atoms with Crippen LogP contribution in [0, 0.1) is 0 Å². The van der Waals surface area contributed by atoms with Crippen molar-refractivity contribution in [2.45, 2.75) is 52.4 Å². The minimum absolute atomic E-state index is 0.0113. The summed E-state index contributed by atoms with van der Waals surface area (Å²) in [6.45, 7) is 14.0. The summed E-state index contributed by atoms with van der Waals surface area (Å²) in [6, 6.07) is 46.9. The maximum Gasteiger partial charge on any atom is 0.248 e. The molecule has 4 heterocycles. The van der Waals surface area contributed by atoms with Gasteiger partial charge in [0.1, 0.15) is 12.6 Å². The van der Waals surface area contributed by atoms with E-state index in [9.17, 15) is 9.59 Å². The van der Waals surface area contributed by atoms with E-state index in [0.29, 0.717) is 11.1 Å². The fraction of sp³-hybridized carbons (Fsp3) is 0.154. The van der Waals surface area contributed by atoms with E-state index in [1.807, 2.05) is 24.3 Å². The molecule has 272 valence electrons. The van der Waals surface area contributed by atoms with E-state index in [4.69, 9.17) is 0 Å². The third kappa shape index (κ3) is 4.75. The second-order valence-electron chi connectivity index (χ2n) is 18.4. The smallest absolute Gasteiger partial charge is 0.248 e. The van der Waals surface area contributed by atoms with Crippen LogP contribution < -0.4 is 37.7 Å². The minimum atomic E-state index is -0.0682. The highest BCUT2D eigenvalue weighted by molar-refractivity contribution is 7.05. The van der Waals surface area contributed by atoms with Crippen molar-refractivity contribution in [1.29, 1.82) is 0 Å². The van der Waals surface area contributed by atoms with Crippen molar-refractivity contribution in [3.05, 3.63) is 150 Å². The van der Waals surface area contributed by atoms with Crippen LogP contribution in [0.15, 0.2) is 127 Å². The predicted molar refractivity (Wildman–Crippen MR) is 240 cm³/mol. The quantitative estimate of drug-likeness (QED) is 0.135. The van der Waals surface area contributed by atoms with Crippen LogP contribution in [-0.2, 0) is 10.8 Å². The van der Waals surface area contributed by atoms with Gasteiger partial charge in [-0.3, -0.25) is 9.59 Å². The van der Waals surface area contributed by atoms with E-state index >= 15 is 0 Å². The van der Waals surface area contributed by atoms with Gasteiger partial charge >= 0.3 is 0 Å². The number of fused-ring (bicyclic) bond motifs is 10. The topological polar surface area (TPSA) is 37.4 Å². The van der Waals surface area contributed by atoms with Crippen LogP contribution in [0.1, 0.15) is 73.4 Å². The number of hydrogen-bond acceptors (Lipinski definition) is 3. The van der Waals surface area contributed by atoms with Gasteiger partial charge in [-0.15, -0.1) is 0 Å². The molecule has 0 N–H and O–H groups in total. The molecular weight excluding hydrogens is 692 g/mol. The molecule has 11 rings (SSSR count). The number of para-hydroxylation sites is 1. The summed E-state index contributed by atoms with van der Waals surface area (Å²) in [5.74, 6) is 0. The molecule has 0 spiro atoms. The number of benzene rings is 7. The minimum Gasteiger partial charge on any atom is -0.312 e. The summed E-state index contributed by atoms with van der Waals surface area (Å²) < 4.78 is 0. The average Bonchev–Trinajstić information content (AvgIpc) is 3.74. The largest absolute Gasteiger partial charge is 0.312 e. The SMILES string of the molecule is CC(C)(C)c1ccc2c(c1)-c1c(-c3ccc(C=O)cc3)ccc3c1B2c1cccc2c1N3c1cc(C(C)(C)C)cc3c1B2c1cc(-c2ccc(C=O)cc2)ccc1-3. The highest BCUT2D eigenvalue weighted by Gasteiger charge is 2.50. The van der Waals surface area contributed by atoms with Crippen LogP contribution in [-0.4, -0.2) is 26.0 Å². The molecule has 57 heavy (non-hydrogen) atoms. The second-order valence-corrected chi connectivity index (χ2v) is 18.4. The zero-order valence-electron chi connectivity index (χ0n) is 33.2. The molecule has 7 aromatic rings. The number of anilines is 3. The van der Waals surface area contributed by atoms with E-state index in [0.717, 1.165) is 29.3 Å². The van der Waals surface area contributed by atoms with Crippen LogP contribution in [0.25, 0.3) is 44.5 Å². The lowest BCUT2D eigenvalue weighted by molar-refractivity contribution is 0.111. The Labute approximate surface area is 335 Å². The molecule has 0 aromatic heterocycles. The van der Waals surface area contributed by atoms with Crippen molar-refractivity contribution in [2.24, 2.45) is 0 Å². The van der Waals surface area contributed by atoms with Gasteiger partial charge in [-0.25, -0.2) is 0 Å². The Balaban J connectivity index is 1.21. The third-order valence-corrected chi connectivity index (χ3v) is 13.1. The lowest BCUT2D eigenvalue weighted by Gasteiger charge is -2.43. The summed E-state index contributed by atoms with van der Waals surface area (Å²) in [6.07, 6.45) is 1.83. The van der Waals surface area contributed by atoms with Crippen molar-refractivity contribution in [3.8, 4) is 44.5 Å². The lowest BCUT2D eigenvalue weighted by Crippen LogP contribution is -2.63. The van der Waals surface area contributed by atoms with Gasteiger partial charge in [-0.2, -0.15) is 0 Å². The second kappa shape index (κ2) is 11.7. The third-order valence-electron chi connectivity index (χ3n) is 13.1. The average molecular weight is 734 g/mol. The Morgan fingerprint density at radius 1 is 0.456 bits per heavy atom. The van der Waals surface area contributed by atoms with Crippen molar-refractivity contribution in [2.75, 3.05) is 4.90 Å². The molecule has 0 fully saturated rings. The first-order valence-electron chi connectivity index (χ1n) is 20.1. The molecule has 0 saturated carbocycles. The van der Waals surface area contributed by atoms with Crippen molar-refractivity contribution in [3.63, 3.8) is 0 Å². The van der Waals surface area contributed by atoms with Gasteiger partial charge in [0.05, 0.1) is 0 Å². The first-order valence-corrected chi connectivity index (χ1v) is 20.1. The number of carbonyl (C=O) groups excluding carboxylic acids is 2. The molecular formula is C52H41B2NO2. The van der Waals surface area contributed by atoms with Crippen LogP contribution in [0.5, 0.6) is 0 Å². The number of carbonyl (C=O) groups is 2. The van der Waals surface area contributed by atoms with Gasteiger partial charge in [0.15, 0.2) is 0 Å². The van der Waals surface area contributed by atoms with Gasteiger partial charge in [-0.05, 0) is 100 Å². The number of nitrogens with zero attached hydrogens (tertiary/aromatic N) is 1. The van der Waals surface area contributed by atoms with Gasteiger partial charge in [0.25, 0.3) is 0 Å².